The number of carboxylic acid groups (broad SMARTS) is 1. The molecule has 1 N–H and O–H groups in total. The Labute approximate surface area is 261 Å². The number of aromatic nitrogens is 3. The van der Waals surface area contributed by atoms with Gasteiger partial charge in [-0.3, -0.25) is 24.0 Å². The van der Waals surface area contributed by atoms with Crippen LogP contribution in [0.1, 0.15) is 77.6 Å². The molecule has 44 heavy (non-hydrogen) atoms. The first-order valence-electron chi connectivity index (χ1n) is 14.9. The fourth-order valence-corrected chi connectivity index (χ4v) is 7.31. The van der Waals surface area contributed by atoms with Crippen molar-refractivity contribution < 1.29 is 19.4 Å². The minimum atomic E-state index is -0.937. The summed E-state index contributed by atoms with van der Waals surface area (Å²) in [6.45, 7) is 13.5. The lowest BCUT2D eigenvalue weighted by molar-refractivity contribution is -0.156. The molecular weight excluding hydrogens is 574 g/mol. The summed E-state index contributed by atoms with van der Waals surface area (Å²) in [6, 6.07) is 14.1. The topological polar surface area (TPSA) is 110 Å². The molecule has 228 valence electrons. The summed E-state index contributed by atoms with van der Waals surface area (Å²) in [5.74, 6) is 0.109. The van der Waals surface area contributed by atoms with E-state index in [0.29, 0.717) is 18.2 Å². The highest BCUT2D eigenvalue weighted by molar-refractivity contribution is 7.15. The molecule has 6 rings (SSSR count). The molecule has 0 saturated heterocycles. The number of aryl methyl sites for hydroxylation is 2. The Balaban J connectivity index is 1.36. The van der Waals surface area contributed by atoms with Crippen molar-refractivity contribution in [2.75, 3.05) is 13.1 Å². The molecule has 0 radical (unpaired) electrons. The van der Waals surface area contributed by atoms with E-state index in [1.807, 2.05) is 32.3 Å². The molecule has 2 aromatic heterocycles. The van der Waals surface area contributed by atoms with E-state index < -0.39 is 17.6 Å². The lowest BCUT2D eigenvalue weighted by Gasteiger charge is -2.30. The molecule has 0 saturated carbocycles. The number of aliphatic imine (C=N–C) groups is 1. The van der Waals surface area contributed by atoms with E-state index in [1.165, 1.54) is 16.0 Å². The van der Waals surface area contributed by atoms with E-state index in [1.54, 1.807) is 11.3 Å². The molecule has 2 aliphatic heterocycles. The zero-order chi connectivity index (χ0) is 31.3. The van der Waals surface area contributed by atoms with Gasteiger partial charge >= 0.3 is 11.9 Å². The average Bonchev–Trinajstić information content (AvgIpc) is 3.43. The first kappa shape index (κ1) is 29.9. The Morgan fingerprint density at radius 2 is 1.77 bits per heavy atom. The van der Waals surface area contributed by atoms with Crippen molar-refractivity contribution in [2.45, 2.75) is 72.6 Å². The van der Waals surface area contributed by atoms with Crippen LogP contribution in [0.25, 0.3) is 16.1 Å². The number of hydrogen-bond acceptors (Lipinski definition) is 8. The second-order valence-electron chi connectivity index (χ2n) is 12.6. The third-order valence-corrected chi connectivity index (χ3v) is 9.39. The number of fused-ring (bicyclic) bond motifs is 4. The zero-order valence-electron chi connectivity index (χ0n) is 26.0. The van der Waals surface area contributed by atoms with Gasteiger partial charge in [0.05, 0.1) is 18.7 Å². The highest BCUT2D eigenvalue weighted by Gasteiger charge is 2.32. The number of esters is 1. The molecule has 0 fully saturated rings. The van der Waals surface area contributed by atoms with E-state index >= 15 is 0 Å². The van der Waals surface area contributed by atoms with Crippen molar-refractivity contribution in [1.82, 2.24) is 19.7 Å². The van der Waals surface area contributed by atoms with Crippen molar-refractivity contribution in [3.05, 3.63) is 86.8 Å². The number of thiophene rings is 1. The molecule has 10 heteroatoms. The van der Waals surface area contributed by atoms with E-state index in [2.05, 4.69) is 71.4 Å². The number of carbonyl (C=O) groups is 2. The summed E-state index contributed by atoms with van der Waals surface area (Å²) >= 11 is 1.65. The lowest BCUT2D eigenvalue weighted by Crippen LogP contribution is -2.38. The summed E-state index contributed by atoms with van der Waals surface area (Å²) in [5.41, 5.74) is 8.02. The van der Waals surface area contributed by atoms with Gasteiger partial charge in [-0.15, -0.1) is 21.5 Å². The van der Waals surface area contributed by atoms with Gasteiger partial charge in [-0.25, -0.2) is 0 Å². The second-order valence-corrected chi connectivity index (χ2v) is 13.8. The fraction of sp³-hybridized carbons (Fsp3) is 0.382. The van der Waals surface area contributed by atoms with Crippen LogP contribution in [0.5, 0.6) is 0 Å². The van der Waals surface area contributed by atoms with Crippen LogP contribution < -0.4 is 0 Å². The molecule has 0 bridgehead atoms. The molecule has 0 spiro atoms. The van der Waals surface area contributed by atoms with Crippen LogP contribution in [-0.4, -0.2) is 61.1 Å². The van der Waals surface area contributed by atoms with Crippen LogP contribution in [0, 0.1) is 20.8 Å². The average molecular weight is 612 g/mol. The number of nitrogens with zero attached hydrogens (tertiary/aromatic N) is 5. The van der Waals surface area contributed by atoms with E-state index in [-0.39, 0.29) is 18.9 Å². The number of ether oxygens (including phenoxy) is 1. The summed E-state index contributed by atoms with van der Waals surface area (Å²) in [7, 11) is 0. The normalized spacial score (nSPS) is 16.4. The van der Waals surface area contributed by atoms with Gasteiger partial charge in [0.2, 0.25) is 0 Å². The van der Waals surface area contributed by atoms with Gasteiger partial charge in [0.25, 0.3) is 0 Å². The van der Waals surface area contributed by atoms with Gasteiger partial charge in [-0.2, -0.15) is 0 Å². The maximum atomic E-state index is 12.6. The smallest absolute Gasteiger partial charge is 0.320 e. The third-order valence-electron chi connectivity index (χ3n) is 8.20. The number of carbonyl (C=O) groups excluding carboxylic acids is 1. The van der Waals surface area contributed by atoms with Crippen molar-refractivity contribution >= 4 is 29.0 Å². The van der Waals surface area contributed by atoms with Gasteiger partial charge in [0, 0.05) is 29.1 Å². The molecule has 4 aromatic rings. The summed E-state index contributed by atoms with van der Waals surface area (Å²) in [6.07, 6.45) is 0.692. The Bertz CT molecular complexity index is 1800. The Kier molecular flexibility index (Phi) is 7.75. The molecule has 0 amide bonds. The number of rotatable bonds is 6. The standard InChI is InChI=1S/C34H37N5O4S/c1-19-20(2)44-33-30(19)31(35-27(16-28(40)41)32-37-36-21(3)39(32)33)24-12-10-23(11-13-24)25-9-7-8-22-14-15-38(17-26(22)25)18-29(42)43-34(4,5)6/h7-13,27H,14-18H2,1-6H3,(H,40,41)/t27-/m0/s1. The van der Waals surface area contributed by atoms with Crippen LogP contribution in [0.2, 0.25) is 0 Å². The van der Waals surface area contributed by atoms with Crippen molar-refractivity contribution in [3.63, 3.8) is 0 Å². The van der Waals surface area contributed by atoms with Gasteiger partial charge in [0.15, 0.2) is 5.82 Å². The summed E-state index contributed by atoms with van der Waals surface area (Å²) in [5, 5.41) is 19.4. The van der Waals surface area contributed by atoms with Crippen LogP contribution >= 0.6 is 11.3 Å². The van der Waals surface area contributed by atoms with E-state index in [9.17, 15) is 14.7 Å². The highest BCUT2D eigenvalue weighted by Crippen LogP contribution is 2.40. The Morgan fingerprint density at radius 3 is 2.48 bits per heavy atom. The molecule has 2 aliphatic rings. The van der Waals surface area contributed by atoms with Gasteiger partial charge in [0.1, 0.15) is 22.5 Å². The predicted octanol–water partition coefficient (Wildman–Crippen LogP) is 5.99. The van der Waals surface area contributed by atoms with Gasteiger partial charge < -0.3 is 9.84 Å². The quantitative estimate of drug-likeness (QED) is 0.267. The minimum absolute atomic E-state index is 0.178. The van der Waals surface area contributed by atoms with Gasteiger partial charge in [-0.05, 0) is 75.8 Å². The molecule has 4 heterocycles. The lowest BCUT2D eigenvalue weighted by atomic mass is 9.90. The largest absolute Gasteiger partial charge is 0.481 e. The van der Waals surface area contributed by atoms with Gasteiger partial charge in [-0.1, -0.05) is 42.5 Å². The Hall–Kier alpha value is -4.15. The maximum absolute atomic E-state index is 12.6. The van der Waals surface area contributed by atoms with Crippen LogP contribution in [0.15, 0.2) is 47.5 Å². The fourth-order valence-electron chi connectivity index (χ4n) is 6.10. The minimum Gasteiger partial charge on any atom is -0.481 e. The number of aliphatic carboxylic acids is 1. The van der Waals surface area contributed by atoms with Crippen LogP contribution in [0.3, 0.4) is 0 Å². The summed E-state index contributed by atoms with van der Waals surface area (Å²) < 4.78 is 7.55. The van der Waals surface area contributed by atoms with Crippen molar-refractivity contribution in [2.24, 2.45) is 4.99 Å². The molecule has 0 aliphatic carbocycles. The number of benzene rings is 2. The molecule has 1 atom stereocenters. The monoisotopic (exact) mass is 611 g/mol. The van der Waals surface area contributed by atoms with E-state index in [0.717, 1.165) is 51.5 Å². The Morgan fingerprint density at radius 1 is 1.05 bits per heavy atom. The predicted molar refractivity (Wildman–Crippen MR) is 171 cm³/mol. The van der Waals surface area contributed by atoms with Crippen LogP contribution in [-0.2, 0) is 27.3 Å². The molecule has 0 unspecified atom stereocenters. The van der Waals surface area contributed by atoms with E-state index in [4.69, 9.17) is 9.73 Å². The number of carboxylic acids is 1. The summed E-state index contributed by atoms with van der Waals surface area (Å²) in [4.78, 5) is 32.8. The highest BCUT2D eigenvalue weighted by atomic mass is 32.1. The SMILES string of the molecule is Cc1sc2c(c1C)C(c1ccc(-c3cccc4c3CN(CC(=O)OC(C)(C)C)CC4)cc1)=N[C@@H](CC(=O)O)c1nnc(C)n1-2. The maximum Gasteiger partial charge on any atom is 0.320 e. The third kappa shape index (κ3) is 5.71. The van der Waals surface area contributed by atoms with Crippen LogP contribution in [0.4, 0.5) is 0 Å². The second kappa shape index (κ2) is 11.4. The molecule has 2 aromatic carbocycles. The first-order valence-corrected chi connectivity index (χ1v) is 15.7. The van der Waals surface area contributed by atoms with Crippen molar-refractivity contribution in [1.29, 1.82) is 0 Å². The molecular formula is C34H37N5O4S. The molecule has 9 nitrogen and oxygen atoms in total. The zero-order valence-corrected chi connectivity index (χ0v) is 26.8. The number of hydrogen-bond donors (Lipinski definition) is 1. The van der Waals surface area contributed by atoms with Crippen molar-refractivity contribution in [3.8, 4) is 16.1 Å². The first-order chi connectivity index (χ1) is 20.9.